The molecule has 0 fully saturated rings. The van der Waals surface area contributed by atoms with E-state index in [4.69, 9.17) is 4.74 Å². The number of carbonyl (C=O) groups is 2. The van der Waals surface area contributed by atoms with Gasteiger partial charge < -0.3 is 15.4 Å². The van der Waals surface area contributed by atoms with E-state index in [9.17, 15) is 9.59 Å². The Morgan fingerprint density at radius 2 is 1.75 bits per heavy atom. The third kappa shape index (κ3) is 4.35. The summed E-state index contributed by atoms with van der Waals surface area (Å²) in [5, 5.41) is 5.59. The molecule has 2 amide bonds. The van der Waals surface area contributed by atoms with Crippen molar-refractivity contribution < 1.29 is 14.3 Å². The predicted molar refractivity (Wildman–Crippen MR) is 95.8 cm³/mol. The molecule has 0 aliphatic carbocycles. The van der Waals surface area contributed by atoms with E-state index in [1.54, 1.807) is 18.2 Å². The Morgan fingerprint density at radius 1 is 1.00 bits per heavy atom. The van der Waals surface area contributed by atoms with Gasteiger partial charge in [-0.25, -0.2) is 0 Å². The first-order chi connectivity index (χ1) is 11.4. The molecule has 0 unspecified atom stereocenters. The first-order valence-corrected chi connectivity index (χ1v) is 7.83. The van der Waals surface area contributed by atoms with Crippen LogP contribution >= 0.6 is 0 Å². The highest BCUT2D eigenvalue weighted by Crippen LogP contribution is 2.27. The number of carbonyl (C=O) groups excluding carboxylic acids is 2. The molecule has 0 aliphatic rings. The molecular formula is C19H22N2O3. The van der Waals surface area contributed by atoms with Crippen molar-refractivity contribution >= 4 is 23.2 Å². The Balaban J connectivity index is 2.25. The molecule has 0 saturated carbocycles. The molecule has 2 aromatic carbocycles. The minimum absolute atomic E-state index is 0.173. The fourth-order valence-electron chi connectivity index (χ4n) is 2.29. The smallest absolute Gasteiger partial charge is 0.255 e. The van der Waals surface area contributed by atoms with E-state index >= 15 is 0 Å². The first-order valence-electron chi connectivity index (χ1n) is 7.83. The Morgan fingerprint density at radius 3 is 2.42 bits per heavy atom. The van der Waals surface area contributed by atoms with Crippen LogP contribution in [0.2, 0.25) is 0 Å². The van der Waals surface area contributed by atoms with Crippen molar-refractivity contribution in [3.8, 4) is 5.75 Å². The average Bonchev–Trinajstić information content (AvgIpc) is 2.52. The summed E-state index contributed by atoms with van der Waals surface area (Å²) in [6.07, 6.45) is 0. The zero-order valence-corrected chi connectivity index (χ0v) is 14.4. The number of benzene rings is 2. The Labute approximate surface area is 142 Å². The molecule has 0 atom stereocenters. The number of anilines is 2. The van der Waals surface area contributed by atoms with Crippen LogP contribution in [0.15, 0.2) is 36.4 Å². The van der Waals surface area contributed by atoms with Gasteiger partial charge in [-0.15, -0.1) is 0 Å². The maximum absolute atomic E-state index is 12.5. The van der Waals surface area contributed by atoms with Crippen molar-refractivity contribution in [3.05, 3.63) is 53.1 Å². The molecule has 0 aromatic heterocycles. The van der Waals surface area contributed by atoms with Crippen LogP contribution < -0.4 is 15.4 Å². The van der Waals surface area contributed by atoms with Crippen LogP contribution in [-0.4, -0.2) is 18.4 Å². The third-order valence-corrected chi connectivity index (χ3v) is 3.50. The molecule has 5 heteroatoms. The average molecular weight is 326 g/mol. The van der Waals surface area contributed by atoms with Crippen LogP contribution in [0.4, 0.5) is 11.4 Å². The van der Waals surface area contributed by atoms with Gasteiger partial charge in [0, 0.05) is 18.2 Å². The number of hydrogen-bond donors (Lipinski definition) is 2. The lowest BCUT2D eigenvalue weighted by molar-refractivity contribution is -0.114. The van der Waals surface area contributed by atoms with Crippen molar-refractivity contribution in [2.75, 3.05) is 17.2 Å². The normalized spacial score (nSPS) is 10.2. The van der Waals surface area contributed by atoms with Crippen LogP contribution in [0, 0.1) is 13.8 Å². The van der Waals surface area contributed by atoms with E-state index < -0.39 is 0 Å². The highest BCUT2D eigenvalue weighted by molar-refractivity contribution is 6.06. The third-order valence-electron chi connectivity index (χ3n) is 3.50. The second kappa shape index (κ2) is 7.64. The van der Waals surface area contributed by atoms with Gasteiger partial charge in [-0.1, -0.05) is 12.1 Å². The lowest BCUT2D eigenvalue weighted by Gasteiger charge is -2.13. The maximum Gasteiger partial charge on any atom is 0.255 e. The number of nitrogens with one attached hydrogen (secondary N) is 2. The standard InChI is InChI=1S/C19H22N2O3/c1-5-24-18-10-12(2)6-9-16(18)21-19(23)15-8-7-13(3)17(11-15)20-14(4)22/h6-11H,5H2,1-4H3,(H,20,22)(H,21,23). The largest absolute Gasteiger partial charge is 0.492 e. The number of amides is 2. The number of hydrogen-bond acceptors (Lipinski definition) is 3. The predicted octanol–water partition coefficient (Wildman–Crippen LogP) is 3.91. The van der Waals surface area contributed by atoms with Gasteiger partial charge in [0.25, 0.3) is 5.91 Å². The summed E-state index contributed by atoms with van der Waals surface area (Å²) in [5.41, 5.74) is 3.66. The molecule has 0 radical (unpaired) electrons. The summed E-state index contributed by atoms with van der Waals surface area (Å²) in [6.45, 7) is 7.69. The Bertz CT molecular complexity index is 769. The van der Waals surface area contributed by atoms with Gasteiger partial charge in [-0.3, -0.25) is 9.59 Å². The molecule has 2 N–H and O–H groups in total. The van der Waals surface area contributed by atoms with Gasteiger partial charge in [-0.05, 0) is 56.2 Å². The van der Waals surface area contributed by atoms with Crippen molar-refractivity contribution in [3.63, 3.8) is 0 Å². The molecule has 0 aliphatic heterocycles. The lowest BCUT2D eigenvalue weighted by Crippen LogP contribution is -2.14. The summed E-state index contributed by atoms with van der Waals surface area (Å²) in [7, 11) is 0. The number of aryl methyl sites for hydroxylation is 2. The van der Waals surface area contributed by atoms with E-state index in [2.05, 4.69) is 10.6 Å². The maximum atomic E-state index is 12.5. The number of ether oxygens (including phenoxy) is 1. The SMILES string of the molecule is CCOc1cc(C)ccc1NC(=O)c1ccc(C)c(NC(C)=O)c1. The molecular weight excluding hydrogens is 304 g/mol. The Kier molecular flexibility index (Phi) is 5.58. The van der Waals surface area contributed by atoms with E-state index in [0.29, 0.717) is 29.3 Å². The molecule has 0 spiro atoms. The molecule has 0 bridgehead atoms. The van der Waals surface area contributed by atoms with Gasteiger partial charge in [0.2, 0.25) is 5.91 Å². The number of rotatable bonds is 5. The minimum atomic E-state index is -0.258. The fourth-order valence-corrected chi connectivity index (χ4v) is 2.29. The second-order valence-corrected chi connectivity index (χ2v) is 5.60. The van der Waals surface area contributed by atoms with Gasteiger partial charge >= 0.3 is 0 Å². The van der Waals surface area contributed by atoms with Gasteiger partial charge in [0.15, 0.2) is 0 Å². The highest BCUT2D eigenvalue weighted by Gasteiger charge is 2.12. The van der Waals surface area contributed by atoms with Gasteiger partial charge in [0.1, 0.15) is 5.75 Å². The van der Waals surface area contributed by atoms with Crippen LogP contribution in [-0.2, 0) is 4.79 Å². The zero-order valence-electron chi connectivity index (χ0n) is 14.4. The van der Waals surface area contributed by atoms with Crippen molar-refractivity contribution in [2.24, 2.45) is 0 Å². The van der Waals surface area contributed by atoms with Crippen LogP contribution in [0.1, 0.15) is 35.3 Å². The molecule has 0 heterocycles. The van der Waals surface area contributed by atoms with Crippen molar-refractivity contribution in [1.29, 1.82) is 0 Å². The quantitative estimate of drug-likeness (QED) is 0.875. The fraction of sp³-hybridized carbons (Fsp3) is 0.263. The van der Waals surface area contributed by atoms with Gasteiger partial charge in [-0.2, -0.15) is 0 Å². The molecule has 2 rings (SSSR count). The van der Waals surface area contributed by atoms with E-state index in [1.165, 1.54) is 6.92 Å². The van der Waals surface area contributed by atoms with E-state index in [0.717, 1.165) is 11.1 Å². The summed E-state index contributed by atoms with van der Waals surface area (Å²) in [4.78, 5) is 23.8. The molecule has 0 saturated heterocycles. The van der Waals surface area contributed by atoms with Gasteiger partial charge in [0.05, 0.1) is 12.3 Å². The van der Waals surface area contributed by atoms with E-state index in [-0.39, 0.29) is 11.8 Å². The molecule has 24 heavy (non-hydrogen) atoms. The summed E-state index contributed by atoms with van der Waals surface area (Å²) in [5.74, 6) is 0.208. The highest BCUT2D eigenvalue weighted by atomic mass is 16.5. The van der Waals surface area contributed by atoms with Crippen LogP contribution in [0.3, 0.4) is 0 Å². The zero-order chi connectivity index (χ0) is 17.7. The van der Waals surface area contributed by atoms with E-state index in [1.807, 2.05) is 39.0 Å². The Hall–Kier alpha value is -2.82. The second-order valence-electron chi connectivity index (χ2n) is 5.60. The first kappa shape index (κ1) is 17.5. The molecule has 2 aromatic rings. The lowest BCUT2D eigenvalue weighted by atomic mass is 10.1. The van der Waals surface area contributed by atoms with Crippen LogP contribution in [0.25, 0.3) is 0 Å². The molecule has 5 nitrogen and oxygen atoms in total. The summed E-state index contributed by atoms with van der Waals surface area (Å²) in [6, 6.07) is 10.8. The van der Waals surface area contributed by atoms with Crippen LogP contribution in [0.5, 0.6) is 5.75 Å². The monoisotopic (exact) mass is 326 g/mol. The van der Waals surface area contributed by atoms with Crippen molar-refractivity contribution in [1.82, 2.24) is 0 Å². The summed E-state index contributed by atoms with van der Waals surface area (Å²) < 4.78 is 5.58. The van der Waals surface area contributed by atoms with Crippen molar-refractivity contribution in [2.45, 2.75) is 27.7 Å². The summed E-state index contributed by atoms with van der Waals surface area (Å²) >= 11 is 0. The topological polar surface area (TPSA) is 67.4 Å². The minimum Gasteiger partial charge on any atom is -0.492 e. The molecule has 126 valence electrons.